The highest BCUT2D eigenvalue weighted by atomic mass is 35.5. The normalized spacial score (nSPS) is 10.6. The molecule has 0 aliphatic rings. The highest BCUT2D eigenvalue weighted by Gasteiger charge is 2.10. The van der Waals surface area contributed by atoms with Crippen molar-refractivity contribution < 1.29 is 0 Å². The van der Waals surface area contributed by atoms with Crippen LogP contribution in [0.2, 0.25) is 5.15 Å². The zero-order chi connectivity index (χ0) is 11.0. The summed E-state index contributed by atoms with van der Waals surface area (Å²) < 4.78 is 1.40. The summed E-state index contributed by atoms with van der Waals surface area (Å²) in [4.78, 5) is 15.7. The molecule has 2 aromatic heterocycles. The quantitative estimate of drug-likeness (QED) is 0.750. The van der Waals surface area contributed by atoms with Gasteiger partial charge in [0.2, 0.25) is 0 Å². The lowest BCUT2D eigenvalue weighted by Crippen LogP contribution is -2.16. The number of H-pyrrole nitrogens is 1. The van der Waals surface area contributed by atoms with E-state index >= 15 is 0 Å². The summed E-state index contributed by atoms with van der Waals surface area (Å²) in [6, 6.07) is 3.48. The first-order valence-corrected chi connectivity index (χ1v) is 4.88. The van der Waals surface area contributed by atoms with E-state index in [1.54, 1.807) is 25.3 Å². The Kier molecular flexibility index (Phi) is 2.36. The molecule has 78 valence electrons. The van der Waals surface area contributed by atoms with E-state index in [4.69, 9.17) is 11.6 Å². The first-order chi connectivity index (χ1) is 7.11. The Morgan fingerprint density at radius 3 is 2.73 bits per heavy atom. The molecule has 0 saturated carbocycles. The Bertz CT molecular complexity index is 556. The molecule has 2 rings (SSSR count). The van der Waals surface area contributed by atoms with E-state index in [9.17, 15) is 4.79 Å². The zero-order valence-electron chi connectivity index (χ0n) is 8.41. The average molecular weight is 224 g/mol. The fraction of sp³-hybridized carbons (Fsp3) is 0.200. The molecule has 0 aliphatic carbocycles. The van der Waals surface area contributed by atoms with Crippen LogP contribution < -0.4 is 5.56 Å². The summed E-state index contributed by atoms with van der Waals surface area (Å²) in [5.74, 6) is 0. The van der Waals surface area contributed by atoms with Crippen LogP contribution in [0.5, 0.6) is 0 Å². The molecule has 2 heterocycles. The van der Waals surface area contributed by atoms with Crippen LogP contribution in [0.25, 0.3) is 5.69 Å². The molecule has 0 radical (unpaired) electrons. The van der Waals surface area contributed by atoms with Crippen molar-refractivity contribution in [2.45, 2.75) is 13.8 Å². The molecule has 2 aromatic rings. The molecular formula is C10H10ClN3O. The monoisotopic (exact) mass is 223 g/mol. The Hall–Kier alpha value is -1.55. The SMILES string of the molecule is Cc1[nH]n(-c2cccnc2Cl)c(=O)c1C. The van der Waals surface area contributed by atoms with Crippen LogP contribution in [0.15, 0.2) is 23.1 Å². The Morgan fingerprint density at radius 1 is 1.47 bits per heavy atom. The van der Waals surface area contributed by atoms with Crippen molar-refractivity contribution in [3.8, 4) is 5.69 Å². The summed E-state index contributed by atoms with van der Waals surface area (Å²) in [5.41, 5.74) is 2.00. The number of nitrogens with zero attached hydrogens (tertiary/aromatic N) is 2. The molecule has 15 heavy (non-hydrogen) atoms. The van der Waals surface area contributed by atoms with Crippen molar-refractivity contribution in [1.82, 2.24) is 14.8 Å². The van der Waals surface area contributed by atoms with Gasteiger partial charge in [-0.25, -0.2) is 9.67 Å². The van der Waals surface area contributed by atoms with Gasteiger partial charge in [0.1, 0.15) is 5.69 Å². The lowest BCUT2D eigenvalue weighted by atomic mass is 10.3. The standard InChI is InChI=1S/C10H10ClN3O/c1-6-7(2)13-14(10(6)15)8-4-3-5-12-9(8)11/h3-5,13H,1-2H3. The largest absolute Gasteiger partial charge is 0.295 e. The number of aromatic nitrogens is 3. The van der Waals surface area contributed by atoms with Gasteiger partial charge in [-0.15, -0.1) is 0 Å². The number of halogens is 1. The second-order valence-electron chi connectivity index (χ2n) is 3.32. The Balaban J connectivity index is 2.70. The lowest BCUT2D eigenvalue weighted by Gasteiger charge is -2.02. The number of hydrogen-bond donors (Lipinski definition) is 1. The number of hydrogen-bond acceptors (Lipinski definition) is 2. The van der Waals surface area contributed by atoms with Crippen molar-refractivity contribution in [2.75, 3.05) is 0 Å². The van der Waals surface area contributed by atoms with E-state index in [1.165, 1.54) is 4.68 Å². The van der Waals surface area contributed by atoms with Crippen molar-refractivity contribution in [3.63, 3.8) is 0 Å². The van der Waals surface area contributed by atoms with Gasteiger partial charge in [0.15, 0.2) is 5.15 Å². The maximum atomic E-state index is 11.8. The smallest absolute Gasteiger partial charge is 0.274 e. The first kappa shape index (κ1) is 9.98. The number of aryl methyl sites for hydroxylation is 1. The number of nitrogens with one attached hydrogen (secondary N) is 1. The van der Waals surface area contributed by atoms with Crippen LogP contribution in [0.3, 0.4) is 0 Å². The van der Waals surface area contributed by atoms with E-state index in [2.05, 4.69) is 10.1 Å². The highest BCUT2D eigenvalue weighted by molar-refractivity contribution is 6.31. The molecule has 0 saturated heterocycles. The van der Waals surface area contributed by atoms with Gasteiger partial charge in [0, 0.05) is 17.5 Å². The van der Waals surface area contributed by atoms with Crippen LogP contribution in [0.1, 0.15) is 11.3 Å². The maximum Gasteiger partial charge on any atom is 0.274 e. The highest BCUT2D eigenvalue weighted by Crippen LogP contribution is 2.15. The van der Waals surface area contributed by atoms with Crippen molar-refractivity contribution in [3.05, 3.63) is 45.1 Å². The van der Waals surface area contributed by atoms with Crippen LogP contribution in [-0.4, -0.2) is 14.8 Å². The molecule has 1 N–H and O–H groups in total. The van der Waals surface area contributed by atoms with Crippen molar-refractivity contribution in [1.29, 1.82) is 0 Å². The van der Waals surface area contributed by atoms with Gasteiger partial charge < -0.3 is 0 Å². The molecule has 5 heteroatoms. The van der Waals surface area contributed by atoms with Crippen molar-refractivity contribution >= 4 is 11.6 Å². The second-order valence-corrected chi connectivity index (χ2v) is 3.67. The van der Waals surface area contributed by atoms with Gasteiger partial charge in [-0.3, -0.25) is 9.89 Å². The average Bonchev–Trinajstić information content (AvgIpc) is 2.47. The molecule has 4 nitrogen and oxygen atoms in total. The maximum absolute atomic E-state index is 11.8. The summed E-state index contributed by atoms with van der Waals surface area (Å²) >= 11 is 5.90. The molecule has 0 fully saturated rings. The Labute approximate surface area is 91.5 Å². The van der Waals surface area contributed by atoms with Gasteiger partial charge in [0.05, 0.1) is 0 Å². The van der Waals surface area contributed by atoms with E-state index in [1.807, 2.05) is 6.92 Å². The van der Waals surface area contributed by atoms with Crippen LogP contribution in [0, 0.1) is 13.8 Å². The predicted molar refractivity (Wildman–Crippen MR) is 58.7 cm³/mol. The molecule has 0 unspecified atom stereocenters. The molecule has 0 aromatic carbocycles. The molecule has 0 amide bonds. The Morgan fingerprint density at radius 2 is 2.20 bits per heavy atom. The molecule has 0 aliphatic heterocycles. The van der Waals surface area contributed by atoms with E-state index in [0.717, 1.165) is 5.69 Å². The first-order valence-electron chi connectivity index (χ1n) is 4.50. The third-order valence-corrected chi connectivity index (χ3v) is 2.64. The molecular weight excluding hydrogens is 214 g/mol. The summed E-state index contributed by atoms with van der Waals surface area (Å²) in [7, 11) is 0. The fourth-order valence-electron chi connectivity index (χ4n) is 1.34. The van der Waals surface area contributed by atoms with Gasteiger partial charge in [-0.05, 0) is 26.0 Å². The van der Waals surface area contributed by atoms with Gasteiger partial charge in [-0.1, -0.05) is 11.6 Å². The van der Waals surface area contributed by atoms with E-state index in [-0.39, 0.29) is 5.56 Å². The van der Waals surface area contributed by atoms with E-state index in [0.29, 0.717) is 16.4 Å². The minimum absolute atomic E-state index is 0.0950. The fourth-order valence-corrected chi connectivity index (χ4v) is 1.55. The van der Waals surface area contributed by atoms with Gasteiger partial charge in [0.25, 0.3) is 5.56 Å². The summed E-state index contributed by atoms with van der Waals surface area (Å²) in [5, 5.41) is 3.26. The third-order valence-electron chi connectivity index (χ3n) is 2.35. The van der Waals surface area contributed by atoms with Gasteiger partial charge in [-0.2, -0.15) is 0 Å². The second kappa shape index (κ2) is 3.55. The minimum Gasteiger partial charge on any atom is -0.295 e. The topological polar surface area (TPSA) is 50.7 Å². The molecule has 0 spiro atoms. The molecule has 0 atom stereocenters. The van der Waals surface area contributed by atoms with Crippen LogP contribution >= 0.6 is 11.6 Å². The van der Waals surface area contributed by atoms with Crippen LogP contribution in [0.4, 0.5) is 0 Å². The zero-order valence-corrected chi connectivity index (χ0v) is 9.17. The summed E-state index contributed by atoms with van der Waals surface area (Å²) in [6.07, 6.45) is 1.58. The lowest BCUT2D eigenvalue weighted by molar-refractivity contribution is 0.830. The summed E-state index contributed by atoms with van der Waals surface area (Å²) in [6.45, 7) is 3.62. The number of rotatable bonds is 1. The number of aromatic amines is 1. The van der Waals surface area contributed by atoms with Crippen LogP contribution in [-0.2, 0) is 0 Å². The number of pyridine rings is 1. The van der Waals surface area contributed by atoms with Crippen molar-refractivity contribution in [2.24, 2.45) is 0 Å². The van der Waals surface area contributed by atoms with E-state index < -0.39 is 0 Å². The van der Waals surface area contributed by atoms with Gasteiger partial charge >= 0.3 is 0 Å². The minimum atomic E-state index is -0.0950. The third kappa shape index (κ3) is 1.57. The predicted octanol–water partition coefficient (Wildman–Crippen LogP) is 1.83. The molecule has 0 bridgehead atoms.